The normalized spacial score (nSPS) is 15.5. The summed E-state index contributed by atoms with van der Waals surface area (Å²) in [7, 11) is -3.77. The summed E-state index contributed by atoms with van der Waals surface area (Å²) < 4.78 is 28.2. The van der Waals surface area contributed by atoms with Crippen LogP contribution in [0.1, 0.15) is 35.1 Å². The van der Waals surface area contributed by atoms with E-state index in [9.17, 15) is 13.2 Å². The van der Waals surface area contributed by atoms with Gasteiger partial charge < -0.3 is 10.2 Å². The molecule has 0 saturated carbocycles. The van der Waals surface area contributed by atoms with Crippen LogP contribution in [-0.2, 0) is 14.8 Å². The number of amides is 1. The Hall–Kier alpha value is -1.97. The van der Waals surface area contributed by atoms with Crippen LogP contribution in [-0.4, -0.2) is 45.0 Å². The molecular formula is C20H28N4O3S2. The third kappa shape index (κ3) is 4.96. The molecule has 1 amide bonds. The van der Waals surface area contributed by atoms with Gasteiger partial charge >= 0.3 is 0 Å². The number of thiazole rings is 1. The summed E-state index contributed by atoms with van der Waals surface area (Å²) >= 11 is 1.61. The van der Waals surface area contributed by atoms with Crippen molar-refractivity contribution < 1.29 is 13.2 Å². The van der Waals surface area contributed by atoms with Gasteiger partial charge in [0.2, 0.25) is 15.9 Å². The number of rotatable bonds is 6. The van der Waals surface area contributed by atoms with E-state index < -0.39 is 10.0 Å². The summed E-state index contributed by atoms with van der Waals surface area (Å²) in [5, 5.41) is 5.91. The average Bonchev–Trinajstić information content (AvgIpc) is 3.20. The van der Waals surface area contributed by atoms with Gasteiger partial charge in [-0.3, -0.25) is 4.79 Å². The number of aryl methyl sites for hydroxylation is 2. The number of carbonyl (C=O) groups is 1. The predicted molar refractivity (Wildman–Crippen MR) is 116 cm³/mol. The Balaban J connectivity index is 1.56. The molecular weight excluding hydrogens is 408 g/mol. The largest absolute Gasteiger partial charge is 0.352 e. The zero-order chi connectivity index (χ0) is 21.2. The maximum atomic E-state index is 12.8. The highest BCUT2D eigenvalue weighted by Crippen LogP contribution is 2.26. The van der Waals surface area contributed by atoms with Crippen LogP contribution in [0.15, 0.2) is 22.5 Å². The van der Waals surface area contributed by atoms with Gasteiger partial charge in [-0.15, -0.1) is 11.3 Å². The zero-order valence-corrected chi connectivity index (χ0v) is 18.9. The van der Waals surface area contributed by atoms with Crippen LogP contribution in [0.25, 0.3) is 0 Å². The topological polar surface area (TPSA) is 91.4 Å². The molecule has 1 saturated heterocycles. The van der Waals surface area contributed by atoms with Crippen LogP contribution in [0, 0.1) is 27.7 Å². The van der Waals surface area contributed by atoms with Crippen molar-refractivity contribution in [3.8, 4) is 0 Å². The highest BCUT2D eigenvalue weighted by Gasteiger charge is 2.25. The second kappa shape index (κ2) is 8.81. The Morgan fingerprint density at radius 3 is 2.34 bits per heavy atom. The molecule has 3 rings (SSSR count). The van der Waals surface area contributed by atoms with E-state index in [0.29, 0.717) is 0 Å². The first-order valence-electron chi connectivity index (χ1n) is 9.70. The van der Waals surface area contributed by atoms with E-state index in [4.69, 9.17) is 0 Å². The van der Waals surface area contributed by atoms with E-state index in [1.54, 1.807) is 31.4 Å². The summed E-state index contributed by atoms with van der Waals surface area (Å²) in [5.41, 5.74) is 3.28. The van der Waals surface area contributed by atoms with Crippen molar-refractivity contribution in [3.63, 3.8) is 0 Å². The lowest BCUT2D eigenvalue weighted by Gasteiger charge is -2.32. The van der Waals surface area contributed by atoms with Gasteiger partial charge in [-0.1, -0.05) is 6.07 Å². The molecule has 2 aromatic rings. The quantitative estimate of drug-likeness (QED) is 0.726. The molecule has 2 heterocycles. The molecule has 0 spiro atoms. The molecule has 0 bridgehead atoms. The number of piperidine rings is 1. The lowest BCUT2D eigenvalue weighted by atomic mass is 10.0. The lowest BCUT2D eigenvalue weighted by molar-refractivity contribution is -0.120. The number of anilines is 1. The lowest BCUT2D eigenvalue weighted by Crippen LogP contribution is -2.47. The molecule has 1 aromatic heterocycles. The molecule has 7 nitrogen and oxygen atoms in total. The van der Waals surface area contributed by atoms with Crippen molar-refractivity contribution in [1.29, 1.82) is 0 Å². The maximum Gasteiger partial charge on any atom is 0.241 e. The molecule has 0 radical (unpaired) electrons. The summed E-state index contributed by atoms with van der Waals surface area (Å²) in [5.74, 6) is -0.305. The summed E-state index contributed by atoms with van der Waals surface area (Å²) in [6.07, 6.45) is 3.42. The van der Waals surface area contributed by atoms with Gasteiger partial charge in [0.15, 0.2) is 5.13 Å². The van der Waals surface area contributed by atoms with E-state index in [0.717, 1.165) is 53.3 Å². The number of sulfonamides is 1. The first kappa shape index (κ1) is 21.7. The van der Waals surface area contributed by atoms with Gasteiger partial charge in [-0.05, 0) is 62.8 Å². The molecule has 1 aliphatic heterocycles. The summed E-state index contributed by atoms with van der Waals surface area (Å²) in [4.78, 5) is 19.1. The fraction of sp³-hybridized carbons (Fsp3) is 0.500. The van der Waals surface area contributed by atoms with Crippen LogP contribution in [0.3, 0.4) is 0 Å². The van der Waals surface area contributed by atoms with Gasteiger partial charge in [0.1, 0.15) is 0 Å². The maximum absolute atomic E-state index is 12.8. The van der Waals surface area contributed by atoms with Crippen molar-refractivity contribution in [2.75, 3.05) is 24.5 Å². The molecule has 0 aliphatic carbocycles. The Kier molecular flexibility index (Phi) is 6.60. The average molecular weight is 437 g/mol. The predicted octanol–water partition coefficient (Wildman–Crippen LogP) is 2.44. The fourth-order valence-electron chi connectivity index (χ4n) is 3.68. The molecule has 2 N–H and O–H groups in total. The minimum absolute atomic E-state index is 0.0490. The molecule has 158 valence electrons. The molecule has 1 aromatic carbocycles. The minimum Gasteiger partial charge on any atom is -0.352 e. The van der Waals surface area contributed by atoms with Crippen LogP contribution >= 0.6 is 11.3 Å². The van der Waals surface area contributed by atoms with Crippen molar-refractivity contribution in [3.05, 3.63) is 39.9 Å². The minimum atomic E-state index is -3.77. The van der Waals surface area contributed by atoms with Crippen molar-refractivity contribution in [2.24, 2.45) is 0 Å². The summed E-state index contributed by atoms with van der Waals surface area (Å²) in [6, 6.07) is 2.03. The first-order valence-corrected chi connectivity index (χ1v) is 12.1. The van der Waals surface area contributed by atoms with Gasteiger partial charge in [0.25, 0.3) is 0 Å². The number of nitrogens with zero attached hydrogens (tertiary/aromatic N) is 2. The second-order valence-corrected chi connectivity index (χ2v) is 10.1. The third-order valence-electron chi connectivity index (χ3n) is 5.54. The Labute approximate surface area is 176 Å². The highest BCUT2D eigenvalue weighted by molar-refractivity contribution is 7.89. The van der Waals surface area contributed by atoms with Crippen LogP contribution in [0.2, 0.25) is 0 Å². The zero-order valence-electron chi connectivity index (χ0n) is 17.3. The standard InChI is InChI=1S/C20H28N4O3S2/c1-13-11-14(2)16(4)19(15(13)3)29(26,27)22-12-18(25)23-17-5-8-24(9-6-17)20-21-7-10-28-20/h7,10-11,17,22H,5-6,8-9,12H2,1-4H3,(H,23,25). The Morgan fingerprint density at radius 1 is 1.17 bits per heavy atom. The number of benzene rings is 1. The van der Waals surface area contributed by atoms with Crippen LogP contribution < -0.4 is 14.9 Å². The van der Waals surface area contributed by atoms with Gasteiger partial charge in [0.05, 0.1) is 11.4 Å². The van der Waals surface area contributed by atoms with Gasteiger partial charge in [-0.2, -0.15) is 0 Å². The van der Waals surface area contributed by atoms with E-state index in [-0.39, 0.29) is 23.4 Å². The van der Waals surface area contributed by atoms with Crippen molar-refractivity contribution >= 4 is 32.4 Å². The molecule has 0 unspecified atom stereocenters. The Morgan fingerprint density at radius 2 is 1.79 bits per heavy atom. The SMILES string of the molecule is Cc1cc(C)c(C)c(S(=O)(=O)NCC(=O)NC2CCN(c3nccs3)CC2)c1C. The molecule has 1 fully saturated rings. The fourth-order valence-corrected chi connectivity index (χ4v) is 5.97. The van der Waals surface area contributed by atoms with E-state index in [1.165, 1.54) is 0 Å². The number of hydrogen-bond donors (Lipinski definition) is 2. The molecule has 0 atom stereocenters. The number of carbonyl (C=O) groups excluding carboxylic acids is 1. The highest BCUT2D eigenvalue weighted by atomic mass is 32.2. The van der Waals surface area contributed by atoms with E-state index in [2.05, 4.69) is 19.9 Å². The Bertz CT molecular complexity index is 953. The molecule has 1 aliphatic rings. The second-order valence-electron chi connectivity index (χ2n) is 7.56. The monoisotopic (exact) mass is 436 g/mol. The third-order valence-corrected chi connectivity index (χ3v) is 8.04. The van der Waals surface area contributed by atoms with Crippen molar-refractivity contribution in [2.45, 2.75) is 51.5 Å². The van der Waals surface area contributed by atoms with E-state index in [1.807, 2.05) is 25.3 Å². The smallest absolute Gasteiger partial charge is 0.241 e. The van der Waals surface area contributed by atoms with Crippen LogP contribution in [0.5, 0.6) is 0 Å². The summed E-state index contributed by atoms with van der Waals surface area (Å²) in [6.45, 7) is 8.77. The number of aromatic nitrogens is 1. The first-order chi connectivity index (χ1) is 13.7. The molecule has 29 heavy (non-hydrogen) atoms. The number of hydrogen-bond acceptors (Lipinski definition) is 6. The van der Waals surface area contributed by atoms with Gasteiger partial charge in [-0.25, -0.2) is 18.1 Å². The van der Waals surface area contributed by atoms with Gasteiger partial charge in [0, 0.05) is 30.7 Å². The van der Waals surface area contributed by atoms with Crippen molar-refractivity contribution in [1.82, 2.24) is 15.0 Å². The molecule has 9 heteroatoms. The van der Waals surface area contributed by atoms with E-state index >= 15 is 0 Å². The van der Waals surface area contributed by atoms with Crippen LogP contribution in [0.4, 0.5) is 5.13 Å². The number of nitrogens with one attached hydrogen (secondary N) is 2.